The average Bonchev–Trinajstić information content (AvgIpc) is 3.25. The third kappa shape index (κ3) is 4.35. The maximum atomic E-state index is 12.7. The normalized spacial score (nSPS) is 14.1. The highest BCUT2D eigenvalue weighted by atomic mass is 32.1. The SMILES string of the molecule is CCCc1cc(C(=O)Nc2nc3c(s2)CN(Cc2ccccc2)CC3)sc1C. The number of anilines is 1. The second-order valence-electron chi connectivity index (χ2n) is 7.23. The van der Waals surface area contributed by atoms with E-state index in [0.29, 0.717) is 0 Å². The average molecular weight is 412 g/mol. The minimum Gasteiger partial charge on any atom is -0.297 e. The molecule has 0 unspecified atom stereocenters. The van der Waals surface area contributed by atoms with E-state index in [1.165, 1.54) is 20.9 Å². The molecular formula is C22H25N3OS2. The first-order valence-electron chi connectivity index (χ1n) is 9.78. The summed E-state index contributed by atoms with van der Waals surface area (Å²) in [5, 5.41) is 3.74. The van der Waals surface area contributed by atoms with Gasteiger partial charge in [0.15, 0.2) is 5.13 Å². The third-order valence-corrected chi connectivity index (χ3v) is 7.13. The van der Waals surface area contributed by atoms with Crippen LogP contribution in [0.5, 0.6) is 0 Å². The monoisotopic (exact) mass is 411 g/mol. The molecule has 2 aromatic heterocycles. The van der Waals surface area contributed by atoms with Crippen molar-refractivity contribution in [2.75, 3.05) is 11.9 Å². The van der Waals surface area contributed by atoms with Crippen LogP contribution in [0, 0.1) is 6.92 Å². The molecule has 4 rings (SSSR count). The second kappa shape index (κ2) is 8.55. The summed E-state index contributed by atoms with van der Waals surface area (Å²) in [4.78, 5) is 23.1. The zero-order valence-corrected chi connectivity index (χ0v) is 18.0. The molecule has 0 bridgehead atoms. The topological polar surface area (TPSA) is 45.2 Å². The molecule has 0 aliphatic carbocycles. The zero-order valence-electron chi connectivity index (χ0n) is 16.3. The van der Waals surface area contributed by atoms with Gasteiger partial charge in [0, 0.05) is 35.8 Å². The van der Waals surface area contributed by atoms with Gasteiger partial charge in [-0.3, -0.25) is 15.0 Å². The largest absolute Gasteiger partial charge is 0.297 e. The molecule has 6 heteroatoms. The summed E-state index contributed by atoms with van der Waals surface area (Å²) < 4.78 is 0. The van der Waals surface area contributed by atoms with Crippen LogP contribution in [-0.4, -0.2) is 22.3 Å². The van der Waals surface area contributed by atoms with Crippen LogP contribution in [0.15, 0.2) is 36.4 Å². The summed E-state index contributed by atoms with van der Waals surface area (Å²) in [5.41, 5.74) is 3.76. The predicted octanol–water partition coefficient (Wildman–Crippen LogP) is 5.28. The van der Waals surface area contributed by atoms with Gasteiger partial charge in [-0.1, -0.05) is 43.7 Å². The third-order valence-electron chi connectivity index (χ3n) is 5.04. The molecule has 0 fully saturated rings. The van der Waals surface area contributed by atoms with Crippen molar-refractivity contribution in [2.24, 2.45) is 0 Å². The number of amides is 1. The summed E-state index contributed by atoms with van der Waals surface area (Å²) in [5.74, 6) is -0.0392. The van der Waals surface area contributed by atoms with E-state index in [1.807, 2.05) is 6.07 Å². The number of aryl methyl sites for hydroxylation is 2. The number of aromatic nitrogens is 1. The van der Waals surface area contributed by atoms with Gasteiger partial charge in [0.1, 0.15) is 0 Å². The van der Waals surface area contributed by atoms with Crippen molar-refractivity contribution in [3.05, 3.63) is 67.9 Å². The van der Waals surface area contributed by atoms with Gasteiger partial charge in [0.05, 0.1) is 10.6 Å². The van der Waals surface area contributed by atoms with Gasteiger partial charge in [0.25, 0.3) is 5.91 Å². The predicted molar refractivity (Wildman–Crippen MR) is 117 cm³/mol. The van der Waals surface area contributed by atoms with E-state index in [2.05, 4.69) is 59.4 Å². The second-order valence-corrected chi connectivity index (χ2v) is 9.57. The highest BCUT2D eigenvalue weighted by molar-refractivity contribution is 7.16. The molecule has 0 spiro atoms. The van der Waals surface area contributed by atoms with Crippen LogP contribution in [-0.2, 0) is 25.9 Å². The molecule has 1 aromatic carbocycles. The van der Waals surface area contributed by atoms with Crippen molar-refractivity contribution in [1.82, 2.24) is 9.88 Å². The van der Waals surface area contributed by atoms with Crippen molar-refractivity contribution in [2.45, 2.75) is 46.2 Å². The number of hydrogen-bond acceptors (Lipinski definition) is 5. The number of carbonyl (C=O) groups excluding carboxylic acids is 1. The van der Waals surface area contributed by atoms with Crippen LogP contribution in [0.3, 0.4) is 0 Å². The molecule has 1 amide bonds. The van der Waals surface area contributed by atoms with Crippen LogP contribution in [0.2, 0.25) is 0 Å². The number of nitrogens with zero attached hydrogens (tertiary/aromatic N) is 2. The molecular weight excluding hydrogens is 386 g/mol. The fourth-order valence-electron chi connectivity index (χ4n) is 3.59. The van der Waals surface area contributed by atoms with Crippen LogP contribution in [0.25, 0.3) is 0 Å². The zero-order chi connectivity index (χ0) is 19.5. The number of hydrogen-bond donors (Lipinski definition) is 1. The molecule has 0 radical (unpaired) electrons. The molecule has 1 N–H and O–H groups in total. The maximum absolute atomic E-state index is 12.7. The van der Waals surface area contributed by atoms with Gasteiger partial charge in [-0.15, -0.1) is 22.7 Å². The Morgan fingerprint density at radius 3 is 2.86 bits per heavy atom. The number of fused-ring (bicyclic) bond motifs is 1. The van der Waals surface area contributed by atoms with Gasteiger partial charge in [0.2, 0.25) is 0 Å². The van der Waals surface area contributed by atoms with Crippen molar-refractivity contribution in [3.8, 4) is 0 Å². The number of thiophene rings is 1. The van der Waals surface area contributed by atoms with E-state index in [-0.39, 0.29) is 5.91 Å². The number of thiazole rings is 1. The molecule has 1 aliphatic heterocycles. The van der Waals surface area contributed by atoms with Crippen LogP contribution >= 0.6 is 22.7 Å². The Kier molecular flexibility index (Phi) is 5.90. The first-order chi connectivity index (χ1) is 13.6. The van der Waals surface area contributed by atoms with Gasteiger partial charge in [-0.05, 0) is 30.5 Å². The Labute approximate surface area is 174 Å². The minimum absolute atomic E-state index is 0.0392. The van der Waals surface area contributed by atoms with Crippen molar-refractivity contribution >= 4 is 33.7 Å². The minimum atomic E-state index is -0.0392. The Balaban J connectivity index is 1.41. The van der Waals surface area contributed by atoms with Gasteiger partial charge in [-0.25, -0.2) is 4.98 Å². The summed E-state index contributed by atoms with van der Waals surface area (Å²) in [7, 11) is 0. The smallest absolute Gasteiger partial charge is 0.267 e. The lowest BCUT2D eigenvalue weighted by Crippen LogP contribution is -2.29. The molecule has 1 aliphatic rings. The molecule has 0 saturated carbocycles. The van der Waals surface area contributed by atoms with E-state index in [4.69, 9.17) is 0 Å². The lowest BCUT2D eigenvalue weighted by molar-refractivity contribution is 0.103. The molecule has 28 heavy (non-hydrogen) atoms. The molecule has 0 saturated heterocycles. The Bertz CT molecular complexity index is 962. The summed E-state index contributed by atoms with van der Waals surface area (Å²) in [6, 6.07) is 12.6. The van der Waals surface area contributed by atoms with Crippen molar-refractivity contribution < 1.29 is 4.79 Å². The molecule has 4 nitrogen and oxygen atoms in total. The summed E-state index contributed by atoms with van der Waals surface area (Å²) >= 11 is 3.19. The van der Waals surface area contributed by atoms with Gasteiger partial charge < -0.3 is 0 Å². The van der Waals surface area contributed by atoms with E-state index >= 15 is 0 Å². The summed E-state index contributed by atoms with van der Waals surface area (Å²) in [6.45, 7) is 7.11. The van der Waals surface area contributed by atoms with Crippen molar-refractivity contribution in [1.29, 1.82) is 0 Å². The van der Waals surface area contributed by atoms with E-state index in [1.54, 1.807) is 22.7 Å². The highest BCUT2D eigenvalue weighted by Crippen LogP contribution is 2.30. The Morgan fingerprint density at radius 2 is 2.07 bits per heavy atom. The summed E-state index contributed by atoms with van der Waals surface area (Å²) in [6.07, 6.45) is 3.06. The quantitative estimate of drug-likeness (QED) is 0.600. The molecule has 3 aromatic rings. The van der Waals surface area contributed by atoms with E-state index in [9.17, 15) is 4.79 Å². The molecule has 146 valence electrons. The fourth-order valence-corrected chi connectivity index (χ4v) is 5.60. The van der Waals surface area contributed by atoms with Gasteiger partial charge in [-0.2, -0.15) is 0 Å². The lowest BCUT2D eigenvalue weighted by atomic mass is 10.1. The van der Waals surface area contributed by atoms with Gasteiger partial charge >= 0.3 is 0 Å². The highest BCUT2D eigenvalue weighted by Gasteiger charge is 2.22. The number of nitrogens with one attached hydrogen (secondary N) is 1. The number of benzene rings is 1. The Hall–Kier alpha value is -2.02. The van der Waals surface area contributed by atoms with Crippen LogP contribution in [0.1, 0.15) is 49.6 Å². The lowest BCUT2D eigenvalue weighted by Gasteiger charge is -2.25. The standard InChI is InChI=1S/C22H25N3OS2/c1-3-7-17-12-19(27-15(17)2)21(26)24-22-23-18-10-11-25(14-20(18)28-22)13-16-8-5-4-6-9-16/h4-6,8-9,12H,3,7,10-11,13-14H2,1-2H3,(H,23,24,26). The van der Waals surface area contributed by atoms with E-state index in [0.717, 1.165) is 54.6 Å². The number of rotatable bonds is 6. The fraction of sp³-hybridized carbons (Fsp3) is 0.364. The van der Waals surface area contributed by atoms with Crippen molar-refractivity contribution in [3.63, 3.8) is 0 Å². The first kappa shape index (κ1) is 19.3. The Morgan fingerprint density at radius 1 is 1.25 bits per heavy atom. The van der Waals surface area contributed by atoms with Crippen LogP contribution in [0.4, 0.5) is 5.13 Å². The first-order valence-corrected chi connectivity index (χ1v) is 11.4. The van der Waals surface area contributed by atoms with Crippen LogP contribution < -0.4 is 5.32 Å². The molecule has 3 heterocycles. The molecule has 0 atom stereocenters. The number of carbonyl (C=O) groups is 1. The maximum Gasteiger partial charge on any atom is 0.267 e. The van der Waals surface area contributed by atoms with E-state index < -0.39 is 0 Å².